The maximum atomic E-state index is 11.0. The molecule has 4 nitrogen and oxygen atoms in total. The van der Waals surface area contributed by atoms with Crippen LogP contribution in [0.3, 0.4) is 0 Å². The lowest BCUT2D eigenvalue weighted by Crippen LogP contribution is -2.29. The fourth-order valence-electron chi connectivity index (χ4n) is 1.18. The van der Waals surface area contributed by atoms with Gasteiger partial charge >= 0.3 is 0 Å². The summed E-state index contributed by atoms with van der Waals surface area (Å²) in [6, 6.07) is 1.57. The molecule has 0 saturated carbocycles. The van der Waals surface area contributed by atoms with Gasteiger partial charge in [-0.3, -0.25) is 11.3 Å². The summed E-state index contributed by atoms with van der Waals surface area (Å²) in [6.07, 6.45) is 1.63. The molecule has 1 aromatic heterocycles. The largest absolute Gasteiger partial charge is 0.271 e. The number of nitrogens with two attached hydrogens (primary N) is 1. The van der Waals surface area contributed by atoms with Crippen LogP contribution in [0.1, 0.15) is 17.3 Å². The van der Waals surface area contributed by atoms with Crippen molar-refractivity contribution in [3.8, 4) is 0 Å². The molecule has 1 rings (SSSR count). The average Bonchev–Trinajstić information content (AvgIpc) is 2.52. The Balaban J connectivity index is 2.70. The van der Waals surface area contributed by atoms with Gasteiger partial charge in [0.1, 0.15) is 9.84 Å². The second-order valence-electron chi connectivity index (χ2n) is 3.27. The molecule has 0 radical (unpaired) electrons. The van der Waals surface area contributed by atoms with Crippen LogP contribution < -0.4 is 11.3 Å². The van der Waals surface area contributed by atoms with Crippen molar-refractivity contribution in [3.05, 3.63) is 21.3 Å². The van der Waals surface area contributed by atoms with Crippen LogP contribution in [-0.4, -0.2) is 20.4 Å². The summed E-state index contributed by atoms with van der Waals surface area (Å²) in [6.45, 7) is 0. The molecular weight excluding hydrogens is 256 g/mol. The van der Waals surface area contributed by atoms with Crippen molar-refractivity contribution in [3.63, 3.8) is 0 Å². The molecule has 0 spiro atoms. The molecule has 3 N–H and O–H groups in total. The van der Waals surface area contributed by atoms with E-state index in [1.165, 1.54) is 17.6 Å². The zero-order valence-corrected chi connectivity index (χ0v) is 10.6. The van der Waals surface area contributed by atoms with E-state index in [0.29, 0.717) is 11.4 Å². The smallest absolute Gasteiger partial charge is 0.147 e. The Kier molecular flexibility index (Phi) is 4.54. The number of rotatable bonds is 5. The fraction of sp³-hybridized carbons (Fsp3) is 0.500. The van der Waals surface area contributed by atoms with Gasteiger partial charge in [-0.15, -0.1) is 11.3 Å². The molecule has 0 aromatic carbocycles. The van der Waals surface area contributed by atoms with E-state index in [2.05, 4.69) is 5.43 Å². The van der Waals surface area contributed by atoms with Crippen molar-refractivity contribution < 1.29 is 8.42 Å². The maximum Gasteiger partial charge on any atom is 0.147 e. The van der Waals surface area contributed by atoms with E-state index in [1.807, 2.05) is 5.38 Å². The quantitative estimate of drug-likeness (QED) is 0.624. The van der Waals surface area contributed by atoms with E-state index in [9.17, 15) is 8.42 Å². The molecular formula is C8H13ClN2O2S2. The first-order chi connectivity index (χ1) is 6.94. The monoisotopic (exact) mass is 268 g/mol. The highest BCUT2D eigenvalue weighted by Gasteiger charge is 2.16. The second-order valence-corrected chi connectivity index (χ2v) is 6.89. The summed E-state index contributed by atoms with van der Waals surface area (Å²) in [5.41, 5.74) is 2.58. The Hall–Kier alpha value is -0.140. The van der Waals surface area contributed by atoms with Gasteiger partial charge in [0.25, 0.3) is 0 Å². The Morgan fingerprint density at radius 2 is 2.33 bits per heavy atom. The Morgan fingerprint density at radius 1 is 1.67 bits per heavy atom. The number of hydrogen-bond acceptors (Lipinski definition) is 5. The van der Waals surface area contributed by atoms with Crippen LogP contribution in [0.4, 0.5) is 0 Å². The van der Waals surface area contributed by atoms with Gasteiger partial charge in [0, 0.05) is 11.1 Å². The average molecular weight is 269 g/mol. The molecule has 1 atom stereocenters. The minimum absolute atomic E-state index is 0.0933. The Labute approximate surface area is 98.3 Å². The number of hydrazine groups is 1. The Morgan fingerprint density at radius 3 is 2.73 bits per heavy atom. The lowest BCUT2D eigenvalue weighted by molar-refractivity contribution is 0.538. The number of thiophene rings is 1. The molecule has 0 aliphatic carbocycles. The predicted octanol–water partition coefficient (Wildman–Crippen LogP) is 1.34. The van der Waals surface area contributed by atoms with Crippen LogP contribution in [-0.2, 0) is 9.84 Å². The first-order valence-corrected chi connectivity index (χ1v) is 7.62. The summed E-state index contributed by atoms with van der Waals surface area (Å²) >= 11 is 7.39. The maximum absolute atomic E-state index is 11.0. The van der Waals surface area contributed by atoms with Gasteiger partial charge in [-0.2, -0.15) is 0 Å². The van der Waals surface area contributed by atoms with Gasteiger partial charge in [0.05, 0.1) is 16.8 Å². The van der Waals surface area contributed by atoms with Gasteiger partial charge < -0.3 is 0 Å². The lowest BCUT2D eigenvalue weighted by atomic mass is 10.2. The van der Waals surface area contributed by atoms with E-state index >= 15 is 0 Å². The standard InChI is InChI=1S/C8H13ClN2O2S2/c1-15(12,13)5-3-7(11-10)8-6(9)2-4-14-8/h2,4,7,11H,3,5,10H2,1H3. The van der Waals surface area contributed by atoms with Crippen molar-refractivity contribution in [2.24, 2.45) is 5.84 Å². The zero-order chi connectivity index (χ0) is 11.5. The molecule has 0 aliphatic heterocycles. The summed E-state index contributed by atoms with van der Waals surface area (Å²) in [5, 5.41) is 2.47. The van der Waals surface area contributed by atoms with E-state index in [1.54, 1.807) is 6.07 Å². The van der Waals surface area contributed by atoms with Crippen molar-refractivity contribution >= 4 is 32.8 Å². The molecule has 0 bridgehead atoms. The van der Waals surface area contributed by atoms with Crippen molar-refractivity contribution in [2.45, 2.75) is 12.5 Å². The van der Waals surface area contributed by atoms with Gasteiger partial charge in [-0.1, -0.05) is 11.6 Å². The zero-order valence-electron chi connectivity index (χ0n) is 8.23. The first-order valence-electron chi connectivity index (χ1n) is 4.31. The predicted molar refractivity (Wildman–Crippen MR) is 63.7 cm³/mol. The molecule has 0 amide bonds. The van der Waals surface area contributed by atoms with E-state index in [-0.39, 0.29) is 11.8 Å². The third kappa shape index (κ3) is 4.08. The molecule has 0 aliphatic rings. The second kappa shape index (κ2) is 5.27. The molecule has 7 heteroatoms. The van der Waals surface area contributed by atoms with Gasteiger partial charge in [0.2, 0.25) is 0 Å². The molecule has 86 valence electrons. The van der Waals surface area contributed by atoms with Crippen LogP contribution in [0.25, 0.3) is 0 Å². The van der Waals surface area contributed by atoms with Crippen molar-refractivity contribution in [2.75, 3.05) is 12.0 Å². The van der Waals surface area contributed by atoms with E-state index < -0.39 is 9.84 Å². The van der Waals surface area contributed by atoms with Crippen LogP contribution in [0.2, 0.25) is 5.02 Å². The summed E-state index contributed by atoms with van der Waals surface area (Å²) in [5.74, 6) is 5.46. The Bertz CT molecular complexity index is 416. The third-order valence-electron chi connectivity index (χ3n) is 1.94. The van der Waals surface area contributed by atoms with Gasteiger partial charge in [0.15, 0.2) is 0 Å². The highest BCUT2D eigenvalue weighted by Crippen LogP contribution is 2.30. The molecule has 1 unspecified atom stereocenters. The SMILES string of the molecule is CS(=O)(=O)CCC(NN)c1sccc1Cl. The number of sulfone groups is 1. The van der Waals surface area contributed by atoms with E-state index in [0.717, 1.165) is 4.88 Å². The molecule has 15 heavy (non-hydrogen) atoms. The number of halogens is 1. The summed E-state index contributed by atoms with van der Waals surface area (Å²) in [7, 11) is -2.97. The number of nitrogens with one attached hydrogen (secondary N) is 1. The van der Waals surface area contributed by atoms with Crippen molar-refractivity contribution in [1.29, 1.82) is 0 Å². The van der Waals surface area contributed by atoms with Crippen LogP contribution in [0.5, 0.6) is 0 Å². The van der Waals surface area contributed by atoms with Crippen molar-refractivity contribution in [1.82, 2.24) is 5.43 Å². The molecule has 0 saturated heterocycles. The first kappa shape index (κ1) is 12.9. The topological polar surface area (TPSA) is 72.2 Å². The lowest BCUT2D eigenvalue weighted by Gasteiger charge is -2.13. The highest BCUT2D eigenvalue weighted by atomic mass is 35.5. The minimum atomic E-state index is -2.97. The molecule has 1 aromatic rings. The summed E-state index contributed by atoms with van der Waals surface area (Å²) < 4.78 is 22.0. The fourth-order valence-corrected chi connectivity index (χ4v) is 3.12. The van der Waals surface area contributed by atoms with Crippen LogP contribution in [0.15, 0.2) is 11.4 Å². The highest BCUT2D eigenvalue weighted by molar-refractivity contribution is 7.90. The number of hydrogen-bond donors (Lipinski definition) is 2. The third-order valence-corrected chi connectivity index (χ3v) is 4.39. The van der Waals surface area contributed by atoms with Gasteiger partial charge in [-0.05, 0) is 17.9 Å². The molecule has 0 fully saturated rings. The van der Waals surface area contributed by atoms with E-state index in [4.69, 9.17) is 17.4 Å². The van der Waals surface area contributed by atoms with Gasteiger partial charge in [-0.25, -0.2) is 8.42 Å². The van der Waals surface area contributed by atoms with Crippen LogP contribution in [0, 0.1) is 0 Å². The van der Waals surface area contributed by atoms with Crippen LogP contribution >= 0.6 is 22.9 Å². The summed E-state index contributed by atoms with van der Waals surface area (Å²) in [4.78, 5) is 0.878. The normalized spacial score (nSPS) is 14.1. The molecule has 1 heterocycles. The minimum Gasteiger partial charge on any atom is -0.271 e.